The van der Waals surface area contributed by atoms with Gasteiger partial charge in [-0.15, -0.1) is 0 Å². The van der Waals surface area contributed by atoms with Crippen molar-refractivity contribution in [1.82, 2.24) is 14.7 Å². The number of hydrogen-bond acceptors (Lipinski definition) is 6. The first kappa shape index (κ1) is 25.6. The number of amides is 1. The Morgan fingerprint density at radius 2 is 1.68 bits per heavy atom. The molecule has 0 unspecified atom stereocenters. The zero-order valence-electron chi connectivity index (χ0n) is 20.5. The molecule has 10 heteroatoms. The summed E-state index contributed by atoms with van der Waals surface area (Å²) in [6, 6.07) is 18.8. The summed E-state index contributed by atoms with van der Waals surface area (Å²) in [6.45, 7) is 1.49. The van der Waals surface area contributed by atoms with Crippen molar-refractivity contribution in [3.8, 4) is 22.9 Å². The Morgan fingerprint density at radius 1 is 0.947 bits per heavy atom. The van der Waals surface area contributed by atoms with E-state index in [1.165, 1.54) is 10.9 Å². The maximum absolute atomic E-state index is 13.7. The molecule has 1 aromatic heterocycles. The highest BCUT2D eigenvalue weighted by Gasteiger charge is 2.21. The van der Waals surface area contributed by atoms with Gasteiger partial charge in [-0.3, -0.25) is 9.59 Å². The lowest BCUT2D eigenvalue weighted by molar-refractivity contribution is 0.0793. The van der Waals surface area contributed by atoms with Crippen LogP contribution in [-0.4, -0.2) is 40.8 Å². The van der Waals surface area contributed by atoms with Gasteiger partial charge in [0, 0.05) is 24.3 Å². The van der Waals surface area contributed by atoms with Gasteiger partial charge >= 0.3 is 0 Å². The molecule has 5 rings (SSSR count). The van der Waals surface area contributed by atoms with Gasteiger partial charge < -0.3 is 19.7 Å². The molecule has 0 aliphatic carbocycles. The third-order valence-corrected chi connectivity index (χ3v) is 6.89. The van der Waals surface area contributed by atoms with Crippen molar-refractivity contribution in [2.24, 2.45) is 0 Å². The van der Waals surface area contributed by atoms with Gasteiger partial charge in [0.2, 0.25) is 0 Å². The van der Waals surface area contributed by atoms with Crippen LogP contribution in [0.15, 0.2) is 77.7 Å². The number of anilines is 2. The van der Waals surface area contributed by atoms with Gasteiger partial charge in [-0.25, -0.2) is 0 Å². The number of likely N-dealkylation sites (tertiary alicyclic amines) is 1. The normalized spacial score (nSPS) is 12.9. The minimum absolute atomic E-state index is 0.0381. The van der Waals surface area contributed by atoms with E-state index in [4.69, 9.17) is 32.7 Å². The SMILES string of the molecule is COc1ccc(Oc2cnn(-c3ccc(Cl)c(Cl)c3)c(=O)c2Nc2cccc(C(=O)N3CCCC3)c2)cc1. The van der Waals surface area contributed by atoms with E-state index < -0.39 is 5.56 Å². The molecule has 0 spiro atoms. The van der Waals surface area contributed by atoms with Crippen molar-refractivity contribution in [3.63, 3.8) is 0 Å². The second-order valence-corrected chi connectivity index (χ2v) is 9.50. The first-order valence-electron chi connectivity index (χ1n) is 12.0. The quantitative estimate of drug-likeness (QED) is 0.289. The third kappa shape index (κ3) is 5.46. The molecule has 1 amide bonds. The molecule has 0 saturated carbocycles. The summed E-state index contributed by atoms with van der Waals surface area (Å²) in [6.07, 6.45) is 3.44. The molecular formula is C28H24Cl2N4O4. The molecule has 1 N–H and O–H groups in total. The summed E-state index contributed by atoms with van der Waals surface area (Å²) in [4.78, 5) is 28.5. The summed E-state index contributed by atoms with van der Waals surface area (Å²) in [5, 5.41) is 8.11. The fraction of sp³-hybridized carbons (Fsp3) is 0.179. The summed E-state index contributed by atoms with van der Waals surface area (Å²) in [7, 11) is 1.58. The molecule has 2 heterocycles. The highest BCUT2D eigenvalue weighted by Crippen LogP contribution is 2.31. The number of carbonyl (C=O) groups is 1. The number of aromatic nitrogens is 2. The number of benzene rings is 3. The Kier molecular flexibility index (Phi) is 7.53. The Bertz CT molecular complexity index is 1530. The molecule has 38 heavy (non-hydrogen) atoms. The number of halogens is 2. The molecule has 3 aromatic carbocycles. The molecule has 4 aromatic rings. The van der Waals surface area contributed by atoms with E-state index >= 15 is 0 Å². The Hall–Kier alpha value is -4.01. The second kappa shape index (κ2) is 11.2. The zero-order valence-corrected chi connectivity index (χ0v) is 22.0. The molecule has 0 radical (unpaired) electrons. The average Bonchev–Trinajstić information content (AvgIpc) is 3.48. The van der Waals surface area contributed by atoms with E-state index in [1.54, 1.807) is 73.8 Å². The summed E-state index contributed by atoms with van der Waals surface area (Å²) in [5.74, 6) is 1.32. The van der Waals surface area contributed by atoms with Crippen LogP contribution in [0.4, 0.5) is 11.4 Å². The largest absolute Gasteiger partial charge is 0.497 e. The van der Waals surface area contributed by atoms with Crippen LogP contribution in [0.25, 0.3) is 5.69 Å². The van der Waals surface area contributed by atoms with E-state index in [-0.39, 0.29) is 17.3 Å². The highest BCUT2D eigenvalue weighted by molar-refractivity contribution is 6.42. The predicted octanol–water partition coefficient (Wildman–Crippen LogP) is 6.32. The summed E-state index contributed by atoms with van der Waals surface area (Å²) in [5.41, 5.74) is 1.17. The van der Waals surface area contributed by atoms with Gasteiger partial charge in [0.25, 0.3) is 11.5 Å². The van der Waals surface area contributed by atoms with Gasteiger partial charge in [-0.1, -0.05) is 29.3 Å². The highest BCUT2D eigenvalue weighted by atomic mass is 35.5. The maximum Gasteiger partial charge on any atom is 0.299 e. The number of carbonyl (C=O) groups excluding carboxylic acids is 1. The van der Waals surface area contributed by atoms with E-state index in [2.05, 4.69) is 10.4 Å². The monoisotopic (exact) mass is 550 g/mol. The predicted molar refractivity (Wildman–Crippen MR) is 148 cm³/mol. The van der Waals surface area contributed by atoms with Crippen molar-refractivity contribution in [2.75, 3.05) is 25.5 Å². The summed E-state index contributed by atoms with van der Waals surface area (Å²) < 4.78 is 12.4. The van der Waals surface area contributed by atoms with Crippen molar-refractivity contribution in [2.45, 2.75) is 12.8 Å². The van der Waals surface area contributed by atoms with Crippen LogP contribution in [0.2, 0.25) is 10.0 Å². The molecule has 1 aliphatic rings. The third-order valence-electron chi connectivity index (χ3n) is 6.15. The maximum atomic E-state index is 13.7. The van der Waals surface area contributed by atoms with Crippen molar-refractivity contribution in [1.29, 1.82) is 0 Å². The summed E-state index contributed by atoms with van der Waals surface area (Å²) >= 11 is 12.2. The first-order valence-corrected chi connectivity index (χ1v) is 12.7. The smallest absolute Gasteiger partial charge is 0.299 e. The van der Waals surface area contributed by atoms with Gasteiger partial charge in [0.05, 0.1) is 29.0 Å². The molecule has 0 bridgehead atoms. The first-order chi connectivity index (χ1) is 18.4. The minimum Gasteiger partial charge on any atom is -0.497 e. The van der Waals surface area contributed by atoms with Gasteiger partial charge in [-0.05, 0) is 73.5 Å². The van der Waals surface area contributed by atoms with Crippen LogP contribution in [0.5, 0.6) is 17.2 Å². The van der Waals surface area contributed by atoms with E-state index in [9.17, 15) is 9.59 Å². The lowest BCUT2D eigenvalue weighted by atomic mass is 10.1. The fourth-order valence-corrected chi connectivity index (χ4v) is 4.47. The minimum atomic E-state index is -0.481. The molecule has 1 fully saturated rings. The topological polar surface area (TPSA) is 85.7 Å². The average molecular weight is 551 g/mol. The van der Waals surface area contributed by atoms with Crippen LogP contribution in [0.3, 0.4) is 0 Å². The van der Waals surface area contributed by atoms with Crippen LogP contribution >= 0.6 is 23.2 Å². The van der Waals surface area contributed by atoms with Gasteiger partial charge in [0.15, 0.2) is 11.4 Å². The lowest BCUT2D eigenvalue weighted by Gasteiger charge is -2.17. The number of ether oxygens (including phenoxy) is 2. The number of nitrogens with zero attached hydrogens (tertiary/aromatic N) is 3. The van der Waals surface area contributed by atoms with Crippen LogP contribution in [0.1, 0.15) is 23.2 Å². The Morgan fingerprint density at radius 3 is 2.39 bits per heavy atom. The molecular weight excluding hydrogens is 527 g/mol. The van der Waals surface area contributed by atoms with Gasteiger partial charge in [0.1, 0.15) is 11.5 Å². The van der Waals surface area contributed by atoms with Crippen LogP contribution in [-0.2, 0) is 0 Å². The number of nitrogens with one attached hydrogen (secondary N) is 1. The molecule has 194 valence electrons. The van der Waals surface area contributed by atoms with Crippen LogP contribution < -0.4 is 20.3 Å². The fourth-order valence-electron chi connectivity index (χ4n) is 4.18. The van der Waals surface area contributed by atoms with Crippen molar-refractivity contribution >= 4 is 40.5 Å². The van der Waals surface area contributed by atoms with Crippen molar-refractivity contribution in [3.05, 3.63) is 98.9 Å². The second-order valence-electron chi connectivity index (χ2n) is 8.68. The molecule has 8 nitrogen and oxygen atoms in total. The Labute approximate surface area is 229 Å². The molecule has 0 atom stereocenters. The number of rotatable bonds is 7. The standard InChI is InChI=1S/C28H24Cl2N4O4/c1-37-21-8-10-22(11-9-21)38-25-17-31-34(20-7-12-23(29)24(30)16-20)28(36)26(25)32-19-6-4-5-18(15-19)27(35)33-13-2-3-14-33/h4-12,15-17,32H,2-3,13-14H2,1H3. The zero-order chi connectivity index (χ0) is 26.6. The van der Waals surface area contributed by atoms with Gasteiger partial charge in [-0.2, -0.15) is 9.78 Å². The lowest BCUT2D eigenvalue weighted by Crippen LogP contribution is -2.27. The van der Waals surface area contributed by atoms with Crippen LogP contribution in [0, 0.1) is 0 Å². The van der Waals surface area contributed by atoms with E-state index in [0.29, 0.717) is 38.5 Å². The molecule has 1 saturated heterocycles. The number of hydrogen-bond donors (Lipinski definition) is 1. The Balaban J connectivity index is 1.54. The van der Waals surface area contributed by atoms with Crippen molar-refractivity contribution < 1.29 is 14.3 Å². The van der Waals surface area contributed by atoms with E-state index in [1.807, 2.05) is 4.90 Å². The number of methoxy groups -OCH3 is 1. The van der Waals surface area contributed by atoms with E-state index in [0.717, 1.165) is 25.9 Å². The molecule has 1 aliphatic heterocycles.